The number of ketones is 1. The van der Waals surface area contributed by atoms with Gasteiger partial charge in [-0.1, -0.05) is 19.9 Å². The Kier molecular flexibility index (Phi) is 2.45. The van der Waals surface area contributed by atoms with Crippen LogP contribution in [0, 0.1) is 0 Å². The molecule has 0 aromatic heterocycles. The summed E-state index contributed by atoms with van der Waals surface area (Å²) >= 11 is 0. The third kappa shape index (κ3) is 2.15. The molecule has 0 bridgehead atoms. The lowest BCUT2D eigenvalue weighted by atomic mass is 9.98. The van der Waals surface area contributed by atoms with Crippen molar-refractivity contribution in [3.8, 4) is 0 Å². The van der Waals surface area contributed by atoms with Gasteiger partial charge in [0.15, 0.2) is 5.78 Å². The SMILES string of the molecule is C=CC(=O)CC1(CCC)CO1. The van der Waals surface area contributed by atoms with Crippen molar-refractivity contribution in [3.05, 3.63) is 12.7 Å². The summed E-state index contributed by atoms with van der Waals surface area (Å²) in [6, 6.07) is 0. The molecular weight excluding hydrogens is 140 g/mol. The second-order valence-corrected chi connectivity index (χ2v) is 3.07. The van der Waals surface area contributed by atoms with Crippen molar-refractivity contribution in [2.24, 2.45) is 0 Å². The fourth-order valence-corrected chi connectivity index (χ4v) is 1.28. The van der Waals surface area contributed by atoms with Crippen LogP contribution in [0.2, 0.25) is 0 Å². The Labute approximate surface area is 67.2 Å². The molecule has 0 amide bonds. The normalized spacial score (nSPS) is 28.1. The lowest BCUT2D eigenvalue weighted by molar-refractivity contribution is -0.115. The van der Waals surface area contributed by atoms with Crippen LogP contribution in [0.5, 0.6) is 0 Å². The van der Waals surface area contributed by atoms with E-state index in [1.54, 1.807) is 0 Å². The molecular formula is C9H14O2. The van der Waals surface area contributed by atoms with Gasteiger partial charge in [0.25, 0.3) is 0 Å². The molecule has 0 saturated carbocycles. The van der Waals surface area contributed by atoms with Crippen LogP contribution in [0.3, 0.4) is 0 Å². The second kappa shape index (κ2) is 3.18. The average molecular weight is 154 g/mol. The van der Waals surface area contributed by atoms with Crippen molar-refractivity contribution in [1.29, 1.82) is 0 Å². The summed E-state index contributed by atoms with van der Waals surface area (Å²) in [4.78, 5) is 10.9. The molecule has 0 aromatic rings. The fraction of sp³-hybridized carbons (Fsp3) is 0.667. The van der Waals surface area contributed by atoms with Crippen molar-refractivity contribution < 1.29 is 9.53 Å². The highest BCUT2D eigenvalue weighted by Gasteiger charge is 2.44. The Morgan fingerprint density at radius 3 is 2.82 bits per heavy atom. The van der Waals surface area contributed by atoms with Gasteiger partial charge in [0, 0.05) is 6.42 Å². The molecule has 1 atom stereocenters. The molecule has 1 aliphatic heterocycles. The van der Waals surface area contributed by atoms with Gasteiger partial charge in [-0.2, -0.15) is 0 Å². The first kappa shape index (κ1) is 8.47. The highest BCUT2D eigenvalue weighted by Crippen LogP contribution is 2.35. The van der Waals surface area contributed by atoms with Crippen molar-refractivity contribution in [2.75, 3.05) is 6.61 Å². The molecule has 1 aliphatic rings. The standard InChI is InChI=1S/C9H14O2/c1-3-5-9(7-11-9)6-8(10)4-2/h4H,2-3,5-7H2,1H3. The Hall–Kier alpha value is -0.630. The first-order valence-electron chi connectivity index (χ1n) is 4.02. The Morgan fingerprint density at radius 2 is 2.45 bits per heavy atom. The number of rotatable bonds is 5. The highest BCUT2D eigenvalue weighted by atomic mass is 16.6. The van der Waals surface area contributed by atoms with Crippen LogP contribution in [-0.4, -0.2) is 18.0 Å². The van der Waals surface area contributed by atoms with Crippen molar-refractivity contribution in [2.45, 2.75) is 31.8 Å². The van der Waals surface area contributed by atoms with Crippen LogP contribution in [0.15, 0.2) is 12.7 Å². The van der Waals surface area contributed by atoms with Gasteiger partial charge in [0.1, 0.15) is 0 Å². The predicted octanol–water partition coefficient (Wildman–Crippen LogP) is 1.70. The number of allylic oxidation sites excluding steroid dienone is 1. The second-order valence-electron chi connectivity index (χ2n) is 3.07. The minimum absolute atomic E-state index is 0.0935. The number of carbonyl (C=O) groups is 1. The van der Waals surface area contributed by atoms with Crippen LogP contribution >= 0.6 is 0 Å². The van der Waals surface area contributed by atoms with E-state index in [1.807, 2.05) is 0 Å². The summed E-state index contributed by atoms with van der Waals surface area (Å²) in [5.41, 5.74) is -0.0972. The molecule has 0 aromatic carbocycles. The third-order valence-corrected chi connectivity index (χ3v) is 1.98. The maximum atomic E-state index is 10.9. The van der Waals surface area contributed by atoms with E-state index in [-0.39, 0.29) is 11.4 Å². The van der Waals surface area contributed by atoms with E-state index in [0.29, 0.717) is 6.42 Å². The summed E-state index contributed by atoms with van der Waals surface area (Å²) in [6.07, 6.45) is 3.96. The van der Waals surface area contributed by atoms with Gasteiger partial charge in [-0.25, -0.2) is 0 Å². The van der Waals surface area contributed by atoms with E-state index in [1.165, 1.54) is 6.08 Å². The molecule has 0 aliphatic carbocycles. The minimum atomic E-state index is -0.0972. The van der Waals surface area contributed by atoms with E-state index in [0.717, 1.165) is 19.4 Å². The lowest BCUT2D eigenvalue weighted by Crippen LogP contribution is -2.15. The Bertz CT molecular complexity index is 168. The maximum Gasteiger partial charge on any atom is 0.158 e. The fourth-order valence-electron chi connectivity index (χ4n) is 1.28. The number of hydrogen-bond acceptors (Lipinski definition) is 2. The molecule has 1 unspecified atom stereocenters. The topological polar surface area (TPSA) is 29.6 Å². The summed E-state index contributed by atoms with van der Waals surface area (Å²) in [7, 11) is 0. The van der Waals surface area contributed by atoms with E-state index < -0.39 is 0 Å². The maximum absolute atomic E-state index is 10.9. The zero-order valence-corrected chi connectivity index (χ0v) is 6.93. The monoisotopic (exact) mass is 154 g/mol. The van der Waals surface area contributed by atoms with Crippen LogP contribution < -0.4 is 0 Å². The van der Waals surface area contributed by atoms with Crippen LogP contribution in [0.25, 0.3) is 0 Å². The summed E-state index contributed by atoms with van der Waals surface area (Å²) in [6.45, 7) is 6.28. The van der Waals surface area contributed by atoms with Crippen molar-refractivity contribution in [3.63, 3.8) is 0 Å². The lowest BCUT2D eigenvalue weighted by Gasteiger charge is -2.06. The molecule has 1 saturated heterocycles. The van der Waals surface area contributed by atoms with Crippen LogP contribution in [-0.2, 0) is 9.53 Å². The summed E-state index contributed by atoms with van der Waals surface area (Å²) in [5, 5.41) is 0. The number of epoxide rings is 1. The third-order valence-electron chi connectivity index (χ3n) is 1.98. The van der Waals surface area contributed by atoms with Gasteiger partial charge in [-0.05, 0) is 12.5 Å². The quantitative estimate of drug-likeness (QED) is 0.445. The van der Waals surface area contributed by atoms with Crippen molar-refractivity contribution >= 4 is 5.78 Å². The zero-order valence-electron chi connectivity index (χ0n) is 6.93. The van der Waals surface area contributed by atoms with Crippen LogP contribution in [0.4, 0.5) is 0 Å². The van der Waals surface area contributed by atoms with Gasteiger partial charge >= 0.3 is 0 Å². The molecule has 2 heteroatoms. The highest BCUT2D eigenvalue weighted by molar-refractivity contribution is 5.90. The van der Waals surface area contributed by atoms with Crippen molar-refractivity contribution in [1.82, 2.24) is 0 Å². The van der Waals surface area contributed by atoms with E-state index in [2.05, 4.69) is 13.5 Å². The number of ether oxygens (including phenoxy) is 1. The number of hydrogen-bond donors (Lipinski definition) is 0. The molecule has 1 rings (SSSR count). The molecule has 0 radical (unpaired) electrons. The summed E-state index contributed by atoms with van der Waals surface area (Å²) in [5.74, 6) is 0.0935. The Morgan fingerprint density at radius 1 is 1.82 bits per heavy atom. The molecule has 1 fully saturated rings. The number of carbonyl (C=O) groups excluding carboxylic acids is 1. The van der Waals surface area contributed by atoms with E-state index in [4.69, 9.17) is 4.74 Å². The molecule has 0 N–H and O–H groups in total. The van der Waals surface area contributed by atoms with E-state index >= 15 is 0 Å². The largest absolute Gasteiger partial charge is 0.369 e. The van der Waals surface area contributed by atoms with Crippen LogP contribution in [0.1, 0.15) is 26.2 Å². The molecule has 0 spiro atoms. The van der Waals surface area contributed by atoms with Gasteiger partial charge in [-0.3, -0.25) is 4.79 Å². The summed E-state index contributed by atoms with van der Waals surface area (Å²) < 4.78 is 5.24. The zero-order chi connectivity index (χ0) is 8.32. The minimum Gasteiger partial charge on any atom is -0.369 e. The molecule has 2 nitrogen and oxygen atoms in total. The van der Waals surface area contributed by atoms with Gasteiger partial charge in [-0.15, -0.1) is 0 Å². The first-order valence-corrected chi connectivity index (χ1v) is 4.02. The van der Waals surface area contributed by atoms with Gasteiger partial charge in [0.2, 0.25) is 0 Å². The smallest absolute Gasteiger partial charge is 0.158 e. The molecule has 62 valence electrons. The molecule has 1 heterocycles. The van der Waals surface area contributed by atoms with E-state index in [9.17, 15) is 4.79 Å². The molecule has 11 heavy (non-hydrogen) atoms. The first-order chi connectivity index (χ1) is 5.22. The predicted molar refractivity (Wildman–Crippen MR) is 43.4 cm³/mol. The van der Waals surface area contributed by atoms with Gasteiger partial charge in [0.05, 0.1) is 12.2 Å². The average Bonchev–Trinajstić information content (AvgIpc) is 2.70. The Balaban J connectivity index is 2.34. The van der Waals surface area contributed by atoms with Gasteiger partial charge < -0.3 is 4.74 Å².